The number of imidazole rings is 1. The van der Waals surface area contributed by atoms with E-state index in [1.165, 1.54) is 5.56 Å². The van der Waals surface area contributed by atoms with E-state index in [1.807, 2.05) is 24.3 Å². The summed E-state index contributed by atoms with van der Waals surface area (Å²) in [6.45, 7) is 3.89. The Morgan fingerprint density at radius 2 is 2.12 bits per heavy atom. The van der Waals surface area contributed by atoms with E-state index in [2.05, 4.69) is 34.3 Å². The van der Waals surface area contributed by atoms with Crippen LogP contribution in [0.1, 0.15) is 11.4 Å². The Hall–Kier alpha value is -2.86. The molecule has 0 aliphatic rings. The minimum absolute atomic E-state index is 0.322. The first kappa shape index (κ1) is 14.7. The molecule has 2 aromatic heterocycles. The maximum Gasteiger partial charge on any atom is 0.419 e. The van der Waals surface area contributed by atoms with Gasteiger partial charge in [-0.1, -0.05) is 18.2 Å². The van der Waals surface area contributed by atoms with Gasteiger partial charge in [0.05, 0.1) is 23.1 Å². The number of fused-ring (bicyclic) bond motifs is 2. The number of H-pyrrole nitrogens is 1. The molecule has 0 saturated carbocycles. The number of benzene rings is 2. The molecule has 2 heterocycles. The quantitative estimate of drug-likeness (QED) is 0.554. The van der Waals surface area contributed by atoms with Gasteiger partial charge in [-0.25, -0.2) is 9.78 Å². The Balaban J connectivity index is 1.41. The molecule has 0 saturated heterocycles. The number of aromatic nitrogens is 3. The van der Waals surface area contributed by atoms with Crippen LogP contribution in [-0.2, 0) is 13.1 Å². The highest BCUT2D eigenvalue weighted by Crippen LogP contribution is 2.13. The van der Waals surface area contributed by atoms with Crippen molar-refractivity contribution >= 4 is 22.1 Å². The molecule has 4 aromatic rings. The number of nitrogens with zero attached hydrogens (tertiary/aromatic N) is 2. The lowest BCUT2D eigenvalue weighted by molar-refractivity contribution is 0.492. The fourth-order valence-corrected chi connectivity index (χ4v) is 2.88. The van der Waals surface area contributed by atoms with Gasteiger partial charge in [0.25, 0.3) is 0 Å². The van der Waals surface area contributed by atoms with Crippen LogP contribution in [0.2, 0.25) is 0 Å². The van der Waals surface area contributed by atoms with Gasteiger partial charge in [0.2, 0.25) is 0 Å². The molecule has 0 fully saturated rings. The van der Waals surface area contributed by atoms with Crippen molar-refractivity contribution in [1.29, 1.82) is 0 Å². The SMILES string of the molecule is Cc1ccc2nc(CNCCn3c(=O)oc4ccccc43)[nH]c2c1. The van der Waals surface area contributed by atoms with Crippen LogP contribution in [-0.4, -0.2) is 21.1 Å². The van der Waals surface area contributed by atoms with Gasteiger partial charge in [-0.15, -0.1) is 0 Å². The first-order valence-electron chi connectivity index (χ1n) is 7.95. The number of hydrogen-bond donors (Lipinski definition) is 2. The molecule has 2 aromatic carbocycles. The van der Waals surface area contributed by atoms with Crippen molar-refractivity contribution < 1.29 is 4.42 Å². The fourth-order valence-electron chi connectivity index (χ4n) is 2.88. The molecule has 0 spiro atoms. The monoisotopic (exact) mass is 322 g/mol. The molecular formula is C18H18N4O2. The molecule has 0 radical (unpaired) electrons. The fraction of sp³-hybridized carbons (Fsp3) is 0.222. The molecule has 0 amide bonds. The Morgan fingerprint density at radius 1 is 1.25 bits per heavy atom. The molecule has 24 heavy (non-hydrogen) atoms. The molecule has 0 unspecified atom stereocenters. The van der Waals surface area contributed by atoms with E-state index in [0.29, 0.717) is 25.2 Å². The number of oxazole rings is 1. The van der Waals surface area contributed by atoms with E-state index >= 15 is 0 Å². The van der Waals surface area contributed by atoms with Crippen LogP contribution in [0.25, 0.3) is 22.1 Å². The van der Waals surface area contributed by atoms with Gasteiger partial charge < -0.3 is 14.7 Å². The number of para-hydroxylation sites is 2. The van der Waals surface area contributed by atoms with E-state index in [-0.39, 0.29) is 5.76 Å². The van der Waals surface area contributed by atoms with Crippen molar-refractivity contribution in [3.8, 4) is 0 Å². The lowest BCUT2D eigenvalue weighted by atomic mass is 10.2. The molecule has 6 nitrogen and oxygen atoms in total. The van der Waals surface area contributed by atoms with Gasteiger partial charge in [0, 0.05) is 13.1 Å². The molecule has 0 atom stereocenters. The Kier molecular flexibility index (Phi) is 3.66. The normalized spacial score (nSPS) is 11.5. The predicted molar refractivity (Wildman–Crippen MR) is 93.0 cm³/mol. The van der Waals surface area contributed by atoms with Gasteiger partial charge in [-0.3, -0.25) is 4.57 Å². The predicted octanol–water partition coefficient (Wildman–Crippen LogP) is 2.57. The lowest BCUT2D eigenvalue weighted by Crippen LogP contribution is -2.24. The average Bonchev–Trinajstić information content (AvgIpc) is 3.11. The summed E-state index contributed by atoms with van der Waals surface area (Å²) in [6.07, 6.45) is 0. The smallest absolute Gasteiger partial charge is 0.408 e. The van der Waals surface area contributed by atoms with Gasteiger partial charge >= 0.3 is 5.76 Å². The summed E-state index contributed by atoms with van der Waals surface area (Å²) in [6, 6.07) is 13.6. The minimum atomic E-state index is -0.322. The number of aromatic amines is 1. The summed E-state index contributed by atoms with van der Waals surface area (Å²) in [5.41, 5.74) is 4.66. The first-order valence-corrected chi connectivity index (χ1v) is 7.95. The number of aryl methyl sites for hydroxylation is 1. The summed E-state index contributed by atoms with van der Waals surface area (Å²) in [4.78, 5) is 19.8. The molecule has 0 aliphatic heterocycles. The highest BCUT2D eigenvalue weighted by molar-refractivity contribution is 5.75. The van der Waals surface area contributed by atoms with Crippen molar-refractivity contribution in [1.82, 2.24) is 19.9 Å². The van der Waals surface area contributed by atoms with Gasteiger partial charge in [-0.05, 0) is 36.8 Å². The highest BCUT2D eigenvalue weighted by Gasteiger charge is 2.08. The number of hydrogen-bond acceptors (Lipinski definition) is 4. The van der Waals surface area contributed by atoms with Crippen molar-refractivity contribution in [3.05, 3.63) is 64.4 Å². The first-order chi connectivity index (χ1) is 11.7. The van der Waals surface area contributed by atoms with Crippen LogP contribution in [0, 0.1) is 6.92 Å². The van der Waals surface area contributed by atoms with E-state index in [9.17, 15) is 4.79 Å². The topological polar surface area (TPSA) is 75.8 Å². The number of rotatable bonds is 5. The lowest BCUT2D eigenvalue weighted by Gasteiger charge is -2.03. The molecule has 0 aliphatic carbocycles. The Morgan fingerprint density at radius 3 is 3.04 bits per heavy atom. The van der Waals surface area contributed by atoms with Crippen LogP contribution in [0.3, 0.4) is 0 Å². The maximum atomic E-state index is 11.9. The zero-order valence-electron chi connectivity index (χ0n) is 13.4. The van der Waals surface area contributed by atoms with Gasteiger partial charge in [0.15, 0.2) is 5.58 Å². The van der Waals surface area contributed by atoms with Crippen LogP contribution < -0.4 is 11.1 Å². The van der Waals surface area contributed by atoms with Crippen molar-refractivity contribution in [2.75, 3.05) is 6.54 Å². The molecule has 2 N–H and O–H groups in total. The zero-order valence-corrected chi connectivity index (χ0v) is 13.4. The number of nitrogens with one attached hydrogen (secondary N) is 2. The zero-order chi connectivity index (χ0) is 16.5. The van der Waals surface area contributed by atoms with Gasteiger partial charge in [0.1, 0.15) is 5.82 Å². The third-order valence-electron chi connectivity index (χ3n) is 4.06. The summed E-state index contributed by atoms with van der Waals surface area (Å²) in [5, 5.41) is 3.31. The molecule has 6 heteroatoms. The second-order valence-electron chi connectivity index (χ2n) is 5.87. The second kappa shape index (κ2) is 5.98. The van der Waals surface area contributed by atoms with Crippen LogP contribution in [0.15, 0.2) is 51.7 Å². The van der Waals surface area contributed by atoms with Gasteiger partial charge in [-0.2, -0.15) is 0 Å². The van der Waals surface area contributed by atoms with E-state index in [1.54, 1.807) is 10.6 Å². The summed E-state index contributed by atoms with van der Waals surface area (Å²) >= 11 is 0. The second-order valence-corrected chi connectivity index (χ2v) is 5.87. The Labute approximate surface area is 138 Å². The highest BCUT2D eigenvalue weighted by atomic mass is 16.4. The molecular weight excluding hydrogens is 304 g/mol. The molecule has 0 bridgehead atoms. The van der Waals surface area contributed by atoms with Crippen LogP contribution in [0.5, 0.6) is 0 Å². The third-order valence-corrected chi connectivity index (χ3v) is 4.06. The van der Waals surface area contributed by atoms with Crippen LogP contribution in [0.4, 0.5) is 0 Å². The van der Waals surface area contributed by atoms with Crippen molar-refractivity contribution in [2.45, 2.75) is 20.0 Å². The largest absolute Gasteiger partial charge is 0.419 e. The molecule has 4 rings (SSSR count). The summed E-state index contributed by atoms with van der Waals surface area (Å²) in [7, 11) is 0. The van der Waals surface area contributed by atoms with E-state index in [4.69, 9.17) is 4.42 Å². The van der Waals surface area contributed by atoms with E-state index in [0.717, 1.165) is 22.4 Å². The van der Waals surface area contributed by atoms with Crippen molar-refractivity contribution in [3.63, 3.8) is 0 Å². The van der Waals surface area contributed by atoms with E-state index < -0.39 is 0 Å². The summed E-state index contributed by atoms with van der Waals surface area (Å²) < 4.78 is 6.87. The minimum Gasteiger partial charge on any atom is -0.408 e. The standard InChI is InChI=1S/C18H18N4O2/c1-12-6-7-13-14(10-12)21-17(20-13)11-19-8-9-22-15-4-2-3-5-16(15)24-18(22)23/h2-7,10,19H,8-9,11H2,1H3,(H,20,21). The Bertz CT molecular complexity index is 1060. The van der Waals surface area contributed by atoms with Crippen LogP contribution >= 0.6 is 0 Å². The third kappa shape index (κ3) is 2.72. The molecule has 122 valence electrons. The van der Waals surface area contributed by atoms with Crippen molar-refractivity contribution in [2.24, 2.45) is 0 Å². The maximum absolute atomic E-state index is 11.9. The summed E-state index contributed by atoms with van der Waals surface area (Å²) in [5.74, 6) is 0.567. The average molecular weight is 322 g/mol.